The zero-order valence-electron chi connectivity index (χ0n) is 12.5. The van der Waals surface area contributed by atoms with Gasteiger partial charge in [-0.1, -0.05) is 27.7 Å². The van der Waals surface area contributed by atoms with Crippen LogP contribution in [0.4, 0.5) is 11.4 Å². The lowest BCUT2D eigenvalue weighted by Gasteiger charge is -2.25. The van der Waals surface area contributed by atoms with E-state index in [1.165, 1.54) is 0 Å². The van der Waals surface area contributed by atoms with Crippen molar-refractivity contribution in [2.75, 3.05) is 10.6 Å². The van der Waals surface area contributed by atoms with Crippen molar-refractivity contribution in [1.82, 2.24) is 0 Å². The van der Waals surface area contributed by atoms with E-state index in [0.29, 0.717) is 17.8 Å². The van der Waals surface area contributed by atoms with Gasteiger partial charge in [0.2, 0.25) is 11.8 Å². The Balaban J connectivity index is 2.66. The molecule has 20 heavy (non-hydrogen) atoms. The molecule has 0 aliphatic carbocycles. The Labute approximate surface area is 119 Å². The van der Waals surface area contributed by atoms with Crippen molar-refractivity contribution in [2.45, 2.75) is 40.2 Å². The molecule has 0 fully saturated rings. The van der Waals surface area contributed by atoms with Gasteiger partial charge in [0, 0.05) is 17.8 Å². The molecule has 0 unspecified atom stereocenters. The van der Waals surface area contributed by atoms with Crippen LogP contribution in [0, 0.1) is 5.41 Å². The molecule has 1 aromatic carbocycles. The smallest absolute Gasteiger partial charge is 0.241 e. The first-order chi connectivity index (χ1) is 9.24. The molecule has 1 rings (SSSR count). The van der Waals surface area contributed by atoms with Gasteiger partial charge in [-0.05, 0) is 29.7 Å². The topological polar surface area (TPSA) is 84.2 Å². The molecule has 0 radical (unpaired) electrons. The molecule has 0 bridgehead atoms. The molecule has 5 heteroatoms. The maximum atomic E-state index is 12.0. The van der Waals surface area contributed by atoms with Crippen molar-refractivity contribution < 1.29 is 9.59 Å². The highest BCUT2D eigenvalue weighted by atomic mass is 16.2. The Morgan fingerprint density at radius 1 is 1.10 bits per heavy atom. The van der Waals surface area contributed by atoms with Crippen LogP contribution in [0.25, 0.3) is 0 Å². The first-order valence-corrected chi connectivity index (χ1v) is 6.70. The highest BCUT2D eigenvalue weighted by Gasteiger charge is 2.27. The van der Waals surface area contributed by atoms with Gasteiger partial charge in [-0.2, -0.15) is 0 Å². The number of rotatable bonds is 4. The molecule has 0 aliphatic heterocycles. The molecule has 4 N–H and O–H groups in total. The zero-order valence-corrected chi connectivity index (χ0v) is 12.5. The fourth-order valence-corrected chi connectivity index (χ4v) is 1.50. The van der Waals surface area contributed by atoms with Gasteiger partial charge >= 0.3 is 0 Å². The summed E-state index contributed by atoms with van der Waals surface area (Å²) in [6.07, 6.45) is 0.429. The first-order valence-electron chi connectivity index (χ1n) is 6.70. The van der Waals surface area contributed by atoms with Crippen molar-refractivity contribution in [2.24, 2.45) is 11.1 Å². The van der Waals surface area contributed by atoms with E-state index >= 15 is 0 Å². The van der Waals surface area contributed by atoms with Crippen LogP contribution >= 0.6 is 0 Å². The van der Waals surface area contributed by atoms with E-state index in [0.717, 1.165) is 0 Å². The monoisotopic (exact) mass is 277 g/mol. The number of nitrogens with two attached hydrogens (primary N) is 1. The zero-order chi connectivity index (χ0) is 15.3. The minimum Gasteiger partial charge on any atom is -0.326 e. The number of benzene rings is 1. The van der Waals surface area contributed by atoms with Gasteiger partial charge in [0.05, 0.1) is 6.04 Å². The average Bonchev–Trinajstić information content (AvgIpc) is 2.38. The summed E-state index contributed by atoms with van der Waals surface area (Å²) in [4.78, 5) is 23.2. The van der Waals surface area contributed by atoms with Gasteiger partial charge in [0.1, 0.15) is 0 Å². The highest BCUT2D eigenvalue weighted by molar-refractivity contribution is 5.95. The summed E-state index contributed by atoms with van der Waals surface area (Å²) in [5, 5.41) is 5.51. The quantitative estimate of drug-likeness (QED) is 0.789. The van der Waals surface area contributed by atoms with E-state index in [2.05, 4.69) is 10.6 Å². The largest absolute Gasteiger partial charge is 0.326 e. The summed E-state index contributed by atoms with van der Waals surface area (Å²) in [5.41, 5.74) is 6.95. The molecule has 0 heterocycles. The molecule has 0 aromatic heterocycles. The van der Waals surface area contributed by atoms with Gasteiger partial charge in [0.25, 0.3) is 0 Å². The van der Waals surface area contributed by atoms with Crippen LogP contribution in [0.1, 0.15) is 34.1 Å². The standard InChI is InChI=1S/C15H23N3O2/c1-5-12(19)17-10-6-8-11(9-7-10)18-14(20)13(16)15(2,3)4/h6-9,13H,5,16H2,1-4H3,(H,17,19)(H,18,20)/t13-/m1/s1. The number of amides is 2. The summed E-state index contributed by atoms with van der Waals surface area (Å²) in [5.74, 6) is -0.264. The van der Waals surface area contributed by atoms with Crippen LogP contribution in [-0.4, -0.2) is 17.9 Å². The van der Waals surface area contributed by atoms with E-state index in [4.69, 9.17) is 5.73 Å². The Kier molecular flexibility index (Phi) is 5.27. The molecule has 0 saturated heterocycles. The van der Waals surface area contributed by atoms with Crippen molar-refractivity contribution in [1.29, 1.82) is 0 Å². The Hall–Kier alpha value is -1.88. The van der Waals surface area contributed by atoms with Crippen LogP contribution in [-0.2, 0) is 9.59 Å². The van der Waals surface area contributed by atoms with E-state index < -0.39 is 6.04 Å². The number of hydrogen-bond acceptors (Lipinski definition) is 3. The number of carbonyl (C=O) groups is 2. The number of nitrogens with one attached hydrogen (secondary N) is 2. The second-order valence-corrected chi connectivity index (χ2v) is 5.81. The van der Waals surface area contributed by atoms with Crippen LogP contribution in [0.2, 0.25) is 0 Å². The molecular formula is C15H23N3O2. The van der Waals surface area contributed by atoms with E-state index in [9.17, 15) is 9.59 Å². The molecule has 0 aliphatic rings. The van der Waals surface area contributed by atoms with Crippen molar-refractivity contribution in [3.8, 4) is 0 Å². The fraction of sp³-hybridized carbons (Fsp3) is 0.467. The third kappa shape index (κ3) is 4.66. The Morgan fingerprint density at radius 2 is 1.55 bits per heavy atom. The maximum absolute atomic E-state index is 12.0. The van der Waals surface area contributed by atoms with E-state index in [-0.39, 0.29) is 17.2 Å². The predicted molar refractivity (Wildman–Crippen MR) is 81.4 cm³/mol. The second-order valence-electron chi connectivity index (χ2n) is 5.81. The normalized spacial score (nSPS) is 12.7. The summed E-state index contributed by atoms with van der Waals surface area (Å²) in [6.45, 7) is 7.54. The third-order valence-corrected chi connectivity index (χ3v) is 2.97. The lowest BCUT2D eigenvalue weighted by atomic mass is 9.87. The van der Waals surface area contributed by atoms with Crippen molar-refractivity contribution in [3.63, 3.8) is 0 Å². The maximum Gasteiger partial charge on any atom is 0.241 e. The number of hydrogen-bond donors (Lipinski definition) is 3. The van der Waals surface area contributed by atoms with Crippen molar-refractivity contribution in [3.05, 3.63) is 24.3 Å². The minimum atomic E-state index is -0.582. The molecule has 110 valence electrons. The molecule has 1 atom stereocenters. The van der Waals surface area contributed by atoms with Crippen LogP contribution < -0.4 is 16.4 Å². The molecule has 1 aromatic rings. The average molecular weight is 277 g/mol. The summed E-state index contributed by atoms with van der Waals surface area (Å²) in [7, 11) is 0. The molecule has 2 amide bonds. The van der Waals surface area contributed by atoms with Gasteiger partial charge in [-0.25, -0.2) is 0 Å². The van der Waals surface area contributed by atoms with Crippen molar-refractivity contribution >= 4 is 23.2 Å². The fourth-order valence-electron chi connectivity index (χ4n) is 1.50. The summed E-state index contributed by atoms with van der Waals surface area (Å²) in [6, 6.07) is 6.37. The summed E-state index contributed by atoms with van der Waals surface area (Å²) < 4.78 is 0. The third-order valence-electron chi connectivity index (χ3n) is 2.97. The van der Waals surface area contributed by atoms with Gasteiger partial charge in [-0.3, -0.25) is 9.59 Å². The lowest BCUT2D eigenvalue weighted by molar-refractivity contribution is -0.119. The lowest BCUT2D eigenvalue weighted by Crippen LogP contribution is -2.45. The molecule has 0 saturated carbocycles. The van der Waals surface area contributed by atoms with Gasteiger partial charge in [0.15, 0.2) is 0 Å². The summed E-state index contributed by atoms with van der Waals surface area (Å²) >= 11 is 0. The second kappa shape index (κ2) is 6.52. The van der Waals surface area contributed by atoms with Crippen LogP contribution in [0.15, 0.2) is 24.3 Å². The van der Waals surface area contributed by atoms with Gasteiger partial charge in [-0.15, -0.1) is 0 Å². The number of anilines is 2. The highest BCUT2D eigenvalue weighted by Crippen LogP contribution is 2.19. The number of carbonyl (C=O) groups excluding carboxylic acids is 2. The molecule has 0 spiro atoms. The van der Waals surface area contributed by atoms with Crippen LogP contribution in [0.5, 0.6) is 0 Å². The van der Waals surface area contributed by atoms with E-state index in [1.54, 1.807) is 31.2 Å². The predicted octanol–water partition coefficient (Wildman–Crippen LogP) is 2.35. The Bertz CT molecular complexity index is 475. The molecular weight excluding hydrogens is 254 g/mol. The SMILES string of the molecule is CCC(=O)Nc1ccc(NC(=O)[C@@H](N)C(C)(C)C)cc1. The molecule has 5 nitrogen and oxygen atoms in total. The van der Waals surface area contributed by atoms with Crippen LogP contribution in [0.3, 0.4) is 0 Å². The van der Waals surface area contributed by atoms with Gasteiger partial charge < -0.3 is 16.4 Å². The first kappa shape index (κ1) is 16.2. The van der Waals surface area contributed by atoms with E-state index in [1.807, 2.05) is 20.8 Å². The Morgan fingerprint density at radius 3 is 1.95 bits per heavy atom. The minimum absolute atomic E-state index is 0.0449.